The van der Waals surface area contributed by atoms with Gasteiger partial charge in [0, 0.05) is 37.2 Å². The molecule has 0 bridgehead atoms. The maximum Gasteiger partial charge on any atom is 0.231 e. The molecule has 2 heterocycles. The Kier molecular flexibility index (Phi) is 4.72. The molecule has 2 amide bonds. The topological polar surface area (TPSA) is 67.9 Å². The molecule has 1 saturated carbocycles. The minimum absolute atomic E-state index is 0.0474. The number of benzene rings is 1. The fourth-order valence-corrected chi connectivity index (χ4v) is 5.05. The average molecular weight is 396 g/mol. The van der Waals surface area contributed by atoms with E-state index in [9.17, 15) is 9.59 Å². The second-order valence-corrected chi connectivity index (χ2v) is 8.84. The third kappa shape index (κ3) is 3.72. The number of allylic oxidation sites excluding steroid dienone is 1. The summed E-state index contributed by atoms with van der Waals surface area (Å²) in [6.45, 7) is 1.78. The summed E-state index contributed by atoms with van der Waals surface area (Å²) < 4.78 is 10.7. The van der Waals surface area contributed by atoms with Crippen LogP contribution in [0.1, 0.15) is 51.4 Å². The van der Waals surface area contributed by atoms with Gasteiger partial charge in [-0.2, -0.15) is 0 Å². The van der Waals surface area contributed by atoms with Crippen molar-refractivity contribution in [1.82, 2.24) is 4.90 Å². The number of piperidine rings is 1. The molecule has 1 spiro atoms. The highest BCUT2D eigenvalue weighted by molar-refractivity contribution is 5.95. The number of likely N-dealkylation sites (tertiary alicyclic amines) is 1. The van der Waals surface area contributed by atoms with E-state index in [4.69, 9.17) is 9.47 Å². The van der Waals surface area contributed by atoms with E-state index in [1.165, 1.54) is 18.4 Å². The molecule has 6 nitrogen and oxygen atoms in total. The van der Waals surface area contributed by atoms with E-state index in [1.807, 2.05) is 23.1 Å². The van der Waals surface area contributed by atoms with E-state index in [1.54, 1.807) is 0 Å². The first kappa shape index (κ1) is 18.5. The van der Waals surface area contributed by atoms with Crippen LogP contribution in [0.2, 0.25) is 0 Å². The molecule has 5 rings (SSSR count). The van der Waals surface area contributed by atoms with Crippen molar-refractivity contribution < 1.29 is 19.1 Å². The number of hydrogen-bond donors (Lipinski definition) is 1. The van der Waals surface area contributed by atoms with Crippen LogP contribution in [0.15, 0.2) is 29.8 Å². The first-order valence-electron chi connectivity index (χ1n) is 10.8. The Morgan fingerprint density at radius 3 is 2.76 bits per heavy atom. The summed E-state index contributed by atoms with van der Waals surface area (Å²) in [4.78, 5) is 27.4. The van der Waals surface area contributed by atoms with Gasteiger partial charge < -0.3 is 19.7 Å². The molecule has 29 heavy (non-hydrogen) atoms. The molecule has 2 fully saturated rings. The van der Waals surface area contributed by atoms with Gasteiger partial charge in [0.15, 0.2) is 11.5 Å². The van der Waals surface area contributed by atoms with Crippen LogP contribution >= 0.6 is 0 Å². The van der Waals surface area contributed by atoms with Crippen molar-refractivity contribution in [3.05, 3.63) is 29.8 Å². The number of nitrogens with zero attached hydrogens (tertiary/aromatic N) is 1. The first-order valence-corrected chi connectivity index (χ1v) is 10.8. The first-order chi connectivity index (χ1) is 14.1. The van der Waals surface area contributed by atoms with Crippen LogP contribution in [-0.4, -0.2) is 36.6 Å². The molecule has 1 saturated heterocycles. The summed E-state index contributed by atoms with van der Waals surface area (Å²) in [5.41, 5.74) is 2.14. The minimum atomic E-state index is 0.0474. The number of carbonyl (C=O) groups is 2. The zero-order chi connectivity index (χ0) is 19.8. The standard InChI is InChI=1S/C23H28N2O4/c26-21(12-16-4-2-1-3-5-16)25-10-8-23(9-11-25)14-18(23)22(27)24-17-6-7-19-20(13-17)29-15-28-19/h4,6-7,13,18H,1-3,5,8-12,14-15H2,(H,24,27)/t18-/m1/s1. The third-order valence-corrected chi connectivity index (χ3v) is 7.02. The van der Waals surface area contributed by atoms with Gasteiger partial charge in [0.05, 0.1) is 0 Å². The maximum absolute atomic E-state index is 12.8. The highest BCUT2D eigenvalue weighted by Gasteiger charge is 2.58. The molecular formula is C23H28N2O4. The second kappa shape index (κ2) is 7.39. The lowest BCUT2D eigenvalue weighted by Gasteiger charge is -2.33. The fourth-order valence-electron chi connectivity index (χ4n) is 5.05. The van der Waals surface area contributed by atoms with Crippen molar-refractivity contribution in [1.29, 1.82) is 0 Å². The fraction of sp³-hybridized carbons (Fsp3) is 0.565. The van der Waals surface area contributed by atoms with Gasteiger partial charge in [-0.1, -0.05) is 11.6 Å². The van der Waals surface area contributed by atoms with Crippen molar-refractivity contribution >= 4 is 17.5 Å². The van der Waals surface area contributed by atoms with E-state index in [0.29, 0.717) is 17.9 Å². The molecule has 0 radical (unpaired) electrons. The Morgan fingerprint density at radius 2 is 1.97 bits per heavy atom. The number of ether oxygens (including phenoxy) is 2. The Morgan fingerprint density at radius 1 is 1.14 bits per heavy atom. The molecule has 0 aromatic heterocycles. The van der Waals surface area contributed by atoms with Gasteiger partial charge in [0.1, 0.15) is 0 Å². The van der Waals surface area contributed by atoms with E-state index >= 15 is 0 Å². The highest BCUT2D eigenvalue weighted by atomic mass is 16.7. The Labute approximate surface area is 171 Å². The van der Waals surface area contributed by atoms with Gasteiger partial charge in [-0.05, 0) is 62.5 Å². The van der Waals surface area contributed by atoms with Crippen molar-refractivity contribution in [2.24, 2.45) is 11.3 Å². The average Bonchev–Trinajstić information content (AvgIpc) is 3.23. The van der Waals surface area contributed by atoms with Gasteiger partial charge in [-0.15, -0.1) is 0 Å². The largest absolute Gasteiger partial charge is 0.454 e. The van der Waals surface area contributed by atoms with Crippen LogP contribution in [-0.2, 0) is 9.59 Å². The molecule has 1 aromatic rings. The van der Waals surface area contributed by atoms with Crippen molar-refractivity contribution in [3.8, 4) is 11.5 Å². The van der Waals surface area contributed by atoms with Gasteiger partial charge in [0.25, 0.3) is 0 Å². The lowest BCUT2D eigenvalue weighted by molar-refractivity contribution is -0.132. The van der Waals surface area contributed by atoms with E-state index < -0.39 is 0 Å². The lowest BCUT2D eigenvalue weighted by Crippen LogP contribution is -2.40. The molecule has 154 valence electrons. The number of anilines is 1. The number of rotatable bonds is 4. The van der Waals surface area contributed by atoms with Gasteiger partial charge in [-0.25, -0.2) is 0 Å². The van der Waals surface area contributed by atoms with Crippen LogP contribution in [0, 0.1) is 11.3 Å². The second-order valence-electron chi connectivity index (χ2n) is 8.84. The van der Waals surface area contributed by atoms with E-state index in [-0.39, 0.29) is 29.9 Å². The zero-order valence-electron chi connectivity index (χ0n) is 16.7. The number of carbonyl (C=O) groups excluding carboxylic acids is 2. The molecule has 2 aliphatic heterocycles. The summed E-state index contributed by atoms with van der Waals surface area (Å²) in [6, 6.07) is 5.49. The summed E-state index contributed by atoms with van der Waals surface area (Å²) in [6.07, 6.45) is 10.3. The monoisotopic (exact) mass is 396 g/mol. The van der Waals surface area contributed by atoms with Crippen LogP contribution in [0.4, 0.5) is 5.69 Å². The Bertz CT molecular complexity index is 854. The van der Waals surface area contributed by atoms with Gasteiger partial charge in [0.2, 0.25) is 18.6 Å². The predicted molar refractivity (Wildman–Crippen MR) is 109 cm³/mol. The quantitative estimate of drug-likeness (QED) is 0.785. The highest BCUT2D eigenvalue weighted by Crippen LogP contribution is 2.59. The van der Waals surface area contributed by atoms with E-state index in [2.05, 4.69) is 11.4 Å². The Balaban J connectivity index is 1.13. The molecular weight excluding hydrogens is 368 g/mol. The SMILES string of the molecule is O=C(Nc1ccc2c(c1)OCO2)[C@H]1CC12CCN(C(=O)CC1=CCCCC1)CC2. The Hall–Kier alpha value is -2.50. The zero-order valence-corrected chi connectivity index (χ0v) is 16.7. The summed E-state index contributed by atoms with van der Waals surface area (Å²) in [5.74, 6) is 1.78. The molecule has 1 atom stereocenters. The van der Waals surface area contributed by atoms with Gasteiger partial charge >= 0.3 is 0 Å². The maximum atomic E-state index is 12.8. The van der Waals surface area contributed by atoms with Gasteiger partial charge in [-0.3, -0.25) is 9.59 Å². The predicted octanol–water partition coefficient (Wildman–Crippen LogP) is 3.87. The molecule has 1 aromatic carbocycles. The number of fused-ring (bicyclic) bond motifs is 1. The normalized spacial score (nSPS) is 24.2. The van der Waals surface area contributed by atoms with Crippen molar-refractivity contribution in [2.75, 3.05) is 25.2 Å². The molecule has 2 aliphatic carbocycles. The summed E-state index contributed by atoms with van der Waals surface area (Å²) in [5, 5.41) is 3.03. The van der Waals surface area contributed by atoms with Crippen molar-refractivity contribution in [3.63, 3.8) is 0 Å². The van der Waals surface area contributed by atoms with Crippen LogP contribution in [0.3, 0.4) is 0 Å². The molecule has 4 aliphatic rings. The summed E-state index contributed by atoms with van der Waals surface area (Å²) >= 11 is 0. The lowest BCUT2D eigenvalue weighted by atomic mass is 9.90. The summed E-state index contributed by atoms with van der Waals surface area (Å²) in [7, 11) is 0. The van der Waals surface area contributed by atoms with Crippen molar-refractivity contribution in [2.45, 2.75) is 51.4 Å². The molecule has 0 unspecified atom stereocenters. The molecule has 6 heteroatoms. The number of hydrogen-bond acceptors (Lipinski definition) is 4. The smallest absolute Gasteiger partial charge is 0.231 e. The minimum Gasteiger partial charge on any atom is -0.454 e. The van der Waals surface area contributed by atoms with E-state index in [0.717, 1.165) is 50.9 Å². The third-order valence-electron chi connectivity index (χ3n) is 7.02. The van der Waals surface area contributed by atoms with Crippen LogP contribution < -0.4 is 14.8 Å². The van der Waals surface area contributed by atoms with Crippen LogP contribution in [0.25, 0.3) is 0 Å². The number of amides is 2. The van der Waals surface area contributed by atoms with Crippen LogP contribution in [0.5, 0.6) is 11.5 Å². The molecule has 1 N–H and O–H groups in total. The number of nitrogens with one attached hydrogen (secondary N) is 1.